The third-order valence-electron chi connectivity index (χ3n) is 6.14. The van der Waals surface area contributed by atoms with E-state index in [1.807, 2.05) is 91.0 Å². The van der Waals surface area contributed by atoms with E-state index in [0.29, 0.717) is 19.8 Å². The maximum absolute atomic E-state index is 11.1. The van der Waals surface area contributed by atoms with Crippen LogP contribution in [0.2, 0.25) is 0 Å². The van der Waals surface area contributed by atoms with Crippen LogP contribution in [0.4, 0.5) is 0 Å². The van der Waals surface area contributed by atoms with E-state index in [4.69, 9.17) is 18.9 Å². The molecule has 4 rings (SSSR count). The van der Waals surface area contributed by atoms with Gasteiger partial charge in [-0.05, 0) is 23.6 Å². The van der Waals surface area contributed by atoms with Crippen molar-refractivity contribution in [2.75, 3.05) is 6.61 Å². The van der Waals surface area contributed by atoms with Crippen LogP contribution in [0, 0.1) is 0 Å². The lowest BCUT2D eigenvalue weighted by molar-refractivity contribution is -0.274. The molecule has 1 aliphatic heterocycles. The second-order valence-corrected chi connectivity index (χ2v) is 8.89. The van der Waals surface area contributed by atoms with E-state index >= 15 is 0 Å². The molecule has 3 aromatic rings. The normalized spacial score (nSPS) is 25.3. The lowest BCUT2D eigenvalue weighted by Gasteiger charge is -2.45. The van der Waals surface area contributed by atoms with Gasteiger partial charge in [0.25, 0.3) is 0 Å². The summed E-state index contributed by atoms with van der Waals surface area (Å²) in [5.74, 6) is 0. The Bertz CT molecular complexity index is 982. The summed E-state index contributed by atoms with van der Waals surface area (Å²) in [5, 5.41) is 21.5. The zero-order valence-corrected chi connectivity index (χ0v) is 20.0. The molecule has 0 amide bonds. The first-order valence-corrected chi connectivity index (χ1v) is 12.1. The Balaban J connectivity index is 1.51. The minimum Gasteiger partial charge on any atom is -0.391 e. The number of benzene rings is 3. The molecule has 0 bridgehead atoms. The van der Waals surface area contributed by atoms with Crippen molar-refractivity contribution in [2.24, 2.45) is 0 Å². The van der Waals surface area contributed by atoms with E-state index < -0.39 is 36.6 Å². The maximum Gasteiger partial charge on any atom is 0.115 e. The summed E-state index contributed by atoms with van der Waals surface area (Å²) in [7, 11) is 0. The zero-order chi connectivity index (χ0) is 24.5. The summed E-state index contributed by atoms with van der Waals surface area (Å²) >= 11 is 0. The largest absolute Gasteiger partial charge is 0.391 e. The van der Waals surface area contributed by atoms with Crippen LogP contribution in [0.1, 0.15) is 23.6 Å². The molecule has 1 aliphatic rings. The second kappa shape index (κ2) is 12.9. The van der Waals surface area contributed by atoms with Crippen molar-refractivity contribution in [3.8, 4) is 0 Å². The first kappa shape index (κ1) is 25.5. The molecular weight excluding hydrogens is 444 g/mol. The van der Waals surface area contributed by atoms with Crippen LogP contribution in [0.3, 0.4) is 0 Å². The van der Waals surface area contributed by atoms with Crippen molar-refractivity contribution in [1.29, 1.82) is 0 Å². The highest BCUT2D eigenvalue weighted by Gasteiger charge is 2.48. The maximum atomic E-state index is 11.1. The summed E-state index contributed by atoms with van der Waals surface area (Å²) in [4.78, 5) is 0. The Morgan fingerprint density at radius 1 is 0.714 bits per heavy atom. The summed E-state index contributed by atoms with van der Waals surface area (Å²) in [6.45, 7) is 2.90. The minimum absolute atomic E-state index is 0.232. The van der Waals surface area contributed by atoms with Gasteiger partial charge in [-0.15, -0.1) is 0 Å². The fraction of sp³-hybridized carbons (Fsp3) is 0.379. The molecule has 186 valence electrons. The molecule has 0 spiro atoms. The molecule has 3 aromatic carbocycles. The van der Waals surface area contributed by atoms with E-state index in [1.165, 1.54) is 0 Å². The number of aliphatic hydroxyl groups is 2. The van der Waals surface area contributed by atoms with Gasteiger partial charge in [0, 0.05) is 0 Å². The molecule has 1 unspecified atom stereocenters. The van der Waals surface area contributed by atoms with Crippen molar-refractivity contribution >= 4 is 0 Å². The SMILES string of the molecule is CC(O)[C@@H]1O[C@H](COCc2ccccc2)[C@@H](OCc2ccccc2)[C@H](OCc2ccccc2)[C@H]1O. The second-order valence-electron chi connectivity index (χ2n) is 8.89. The molecular formula is C29H34O6. The summed E-state index contributed by atoms with van der Waals surface area (Å²) < 4.78 is 24.7. The Hall–Kier alpha value is -2.58. The molecule has 0 saturated carbocycles. The predicted octanol–water partition coefficient (Wildman–Crippen LogP) is 3.88. The van der Waals surface area contributed by atoms with E-state index in [-0.39, 0.29) is 6.61 Å². The van der Waals surface area contributed by atoms with Gasteiger partial charge >= 0.3 is 0 Å². The van der Waals surface area contributed by atoms with Crippen molar-refractivity contribution < 1.29 is 29.2 Å². The minimum atomic E-state index is -1.06. The average molecular weight is 479 g/mol. The molecule has 1 heterocycles. The molecule has 1 saturated heterocycles. The molecule has 2 N–H and O–H groups in total. The van der Waals surface area contributed by atoms with Gasteiger partial charge in [0.15, 0.2) is 0 Å². The van der Waals surface area contributed by atoms with Crippen LogP contribution in [0.25, 0.3) is 0 Å². The van der Waals surface area contributed by atoms with Gasteiger partial charge in [0.05, 0.1) is 32.5 Å². The smallest absolute Gasteiger partial charge is 0.115 e. The van der Waals surface area contributed by atoms with Crippen molar-refractivity contribution in [1.82, 2.24) is 0 Å². The topological polar surface area (TPSA) is 77.4 Å². The molecule has 6 atom stereocenters. The van der Waals surface area contributed by atoms with Gasteiger partial charge in [-0.3, -0.25) is 0 Å². The summed E-state index contributed by atoms with van der Waals surface area (Å²) in [6.07, 6.45) is -4.62. The Labute approximate surface area is 207 Å². The molecule has 6 heteroatoms. The molecule has 0 aromatic heterocycles. The summed E-state index contributed by atoms with van der Waals surface area (Å²) in [6, 6.07) is 29.5. The third-order valence-corrected chi connectivity index (χ3v) is 6.14. The van der Waals surface area contributed by atoms with Crippen molar-refractivity contribution in [3.05, 3.63) is 108 Å². The summed E-state index contributed by atoms with van der Waals surface area (Å²) in [5.41, 5.74) is 3.04. The van der Waals surface area contributed by atoms with E-state index in [2.05, 4.69) is 0 Å². The van der Waals surface area contributed by atoms with Crippen molar-refractivity contribution in [3.63, 3.8) is 0 Å². The van der Waals surface area contributed by atoms with E-state index in [1.54, 1.807) is 6.92 Å². The molecule has 35 heavy (non-hydrogen) atoms. The van der Waals surface area contributed by atoms with Crippen LogP contribution in [0.5, 0.6) is 0 Å². The zero-order valence-electron chi connectivity index (χ0n) is 20.0. The highest BCUT2D eigenvalue weighted by molar-refractivity contribution is 5.15. The molecule has 1 fully saturated rings. The van der Waals surface area contributed by atoms with Crippen LogP contribution in [-0.4, -0.2) is 53.4 Å². The molecule has 0 radical (unpaired) electrons. The number of hydrogen-bond donors (Lipinski definition) is 2. The van der Waals surface area contributed by atoms with Crippen molar-refractivity contribution in [2.45, 2.75) is 63.4 Å². The van der Waals surface area contributed by atoms with Gasteiger partial charge in [0.2, 0.25) is 0 Å². The van der Waals surface area contributed by atoms with Crippen LogP contribution in [-0.2, 0) is 38.8 Å². The van der Waals surface area contributed by atoms with Gasteiger partial charge < -0.3 is 29.2 Å². The van der Waals surface area contributed by atoms with Gasteiger partial charge in [-0.25, -0.2) is 0 Å². The average Bonchev–Trinajstić information content (AvgIpc) is 2.89. The first-order valence-electron chi connectivity index (χ1n) is 12.1. The highest BCUT2D eigenvalue weighted by Crippen LogP contribution is 2.29. The van der Waals surface area contributed by atoms with Gasteiger partial charge in [0.1, 0.15) is 30.5 Å². The van der Waals surface area contributed by atoms with E-state index in [0.717, 1.165) is 16.7 Å². The molecule has 6 nitrogen and oxygen atoms in total. The first-order chi connectivity index (χ1) is 17.1. The van der Waals surface area contributed by atoms with Crippen LogP contribution in [0.15, 0.2) is 91.0 Å². The van der Waals surface area contributed by atoms with Gasteiger partial charge in [-0.1, -0.05) is 91.0 Å². The highest BCUT2D eigenvalue weighted by atomic mass is 16.6. The van der Waals surface area contributed by atoms with Crippen LogP contribution >= 0.6 is 0 Å². The van der Waals surface area contributed by atoms with E-state index in [9.17, 15) is 10.2 Å². The Morgan fingerprint density at radius 3 is 1.66 bits per heavy atom. The van der Waals surface area contributed by atoms with Crippen LogP contribution < -0.4 is 0 Å². The fourth-order valence-corrected chi connectivity index (χ4v) is 4.28. The fourth-order valence-electron chi connectivity index (χ4n) is 4.28. The third kappa shape index (κ3) is 7.21. The molecule has 0 aliphatic carbocycles. The number of aliphatic hydroxyl groups excluding tert-OH is 2. The monoisotopic (exact) mass is 478 g/mol. The number of rotatable bonds is 11. The Kier molecular flexibility index (Phi) is 9.42. The standard InChI is InChI=1S/C29H34O6/c1-21(30)27-26(31)29(34-19-24-15-9-4-10-16-24)28(33-18-23-13-7-3-8-14-23)25(35-27)20-32-17-22-11-5-2-6-12-22/h2-16,21,25-31H,17-20H2,1H3/t21?,25-,26+,27+,28-,29-/m1/s1. The number of hydrogen-bond acceptors (Lipinski definition) is 6. The van der Waals surface area contributed by atoms with Gasteiger partial charge in [-0.2, -0.15) is 0 Å². The quantitative estimate of drug-likeness (QED) is 0.436. The lowest BCUT2D eigenvalue weighted by Crippen LogP contribution is -2.62. The number of ether oxygens (including phenoxy) is 4. The Morgan fingerprint density at radius 2 is 1.17 bits per heavy atom. The predicted molar refractivity (Wildman–Crippen MR) is 132 cm³/mol. The lowest BCUT2D eigenvalue weighted by atomic mass is 9.92.